The normalized spacial score (nSPS) is 11.7. The maximum absolute atomic E-state index is 11.9. The number of hydrogen-bond donors (Lipinski definition) is 1. The molecule has 86 valence electrons. The van der Waals surface area contributed by atoms with Gasteiger partial charge in [-0.1, -0.05) is 18.2 Å². The van der Waals surface area contributed by atoms with Crippen molar-refractivity contribution in [3.63, 3.8) is 0 Å². The summed E-state index contributed by atoms with van der Waals surface area (Å²) in [5.41, 5.74) is 0.781. The van der Waals surface area contributed by atoms with Crippen LogP contribution in [0.25, 0.3) is 0 Å². The molecule has 1 aromatic rings. The van der Waals surface area contributed by atoms with E-state index in [9.17, 15) is 4.79 Å². The molecule has 4 heteroatoms. The van der Waals surface area contributed by atoms with Crippen LogP contribution < -0.4 is 5.32 Å². The largest absolute Gasteiger partial charge is 0.500 e. The van der Waals surface area contributed by atoms with Gasteiger partial charge in [-0.05, 0) is 25.3 Å². The second kappa shape index (κ2) is 6.23. The molecule has 0 bridgehead atoms. The fraction of sp³-hybridized carbons (Fsp3) is 0.250. The first kappa shape index (κ1) is 12.6. The predicted octanol–water partition coefficient (Wildman–Crippen LogP) is 2.87. The smallest absolute Gasteiger partial charge is 0.265 e. The predicted molar refractivity (Wildman–Crippen MR) is 68.3 cm³/mol. The summed E-state index contributed by atoms with van der Waals surface area (Å²) in [6.45, 7) is 1.77. The van der Waals surface area contributed by atoms with Crippen LogP contribution in [0.3, 0.4) is 0 Å². The third-order valence-electron chi connectivity index (χ3n) is 2.07. The number of ether oxygens (including phenoxy) is 1. The lowest BCUT2D eigenvalue weighted by atomic mass is 10.3. The van der Waals surface area contributed by atoms with E-state index >= 15 is 0 Å². The molecule has 0 heterocycles. The van der Waals surface area contributed by atoms with Gasteiger partial charge in [-0.25, -0.2) is 0 Å². The minimum absolute atomic E-state index is 0.141. The summed E-state index contributed by atoms with van der Waals surface area (Å²) in [5.74, 6) is 0.485. The lowest BCUT2D eigenvalue weighted by Crippen LogP contribution is -2.14. The fourth-order valence-electron chi connectivity index (χ4n) is 1.20. The van der Waals surface area contributed by atoms with Crippen molar-refractivity contribution in [2.75, 3.05) is 18.7 Å². The molecule has 1 amide bonds. The van der Waals surface area contributed by atoms with E-state index in [2.05, 4.69) is 5.32 Å². The van der Waals surface area contributed by atoms with Crippen LogP contribution in [0.2, 0.25) is 0 Å². The lowest BCUT2D eigenvalue weighted by molar-refractivity contribution is -0.112. The summed E-state index contributed by atoms with van der Waals surface area (Å²) in [6.07, 6.45) is 1.85. The van der Waals surface area contributed by atoms with Crippen molar-refractivity contribution in [2.24, 2.45) is 0 Å². The third kappa shape index (κ3) is 3.31. The lowest BCUT2D eigenvalue weighted by Gasteiger charge is -2.09. The van der Waals surface area contributed by atoms with Crippen molar-refractivity contribution in [3.8, 4) is 0 Å². The molecule has 0 aromatic heterocycles. The number of benzene rings is 1. The number of rotatable bonds is 4. The van der Waals surface area contributed by atoms with Crippen molar-refractivity contribution < 1.29 is 9.53 Å². The van der Waals surface area contributed by atoms with Crippen LogP contribution in [0, 0.1) is 0 Å². The van der Waals surface area contributed by atoms with Crippen molar-refractivity contribution in [1.29, 1.82) is 0 Å². The van der Waals surface area contributed by atoms with Gasteiger partial charge in [0.05, 0.1) is 7.11 Å². The molecule has 0 spiro atoms. The highest BCUT2D eigenvalue weighted by Crippen LogP contribution is 2.19. The zero-order valence-corrected chi connectivity index (χ0v) is 10.4. The Morgan fingerprint density at radius 1 is 1.31 bits per heavy atom. The second-order valence-electron chi connectivity index (χ2n) is 3.11. The number of methoxy groups -OCH3 is 1. The van der Waals surface area contributed by atoms with Crippen LogP contribution in [0.4, 0.5) is 5.69 Å². The number of thioether (sulfide) groups is 1. The van der Waals surface area contributed by atoms with Gasteiger partial charge in [-0.2, -0.15) is 0 Å². The zero-order chi connectivity index (χ0) is 12.0. The quantitative estimate of drug-likeness (QED) is 0.646. The third-order valence-corrected chi connectivity index (χ3v) is 2.95. The van der Waals surface area contributed by atoms with E-state index in [1.165, 1.54) is 11.8 Å². The number of carbonyl (C=O) groups excluding carboxylic acids is 1. The van der Waals surface area contributed by atoms with Crippen LogP contribution >= 0.6 is 11.8 Å². The van der Waals surface area contributed by atoms with Gasteiger partial charge in [0, 0.05) is 5.69 Å². The minimum Gasteiger partial charge on any atom is -0.500 e. The molecule has 1 N–H and O–H groups in total. The SMILES string of the molecule is CO/C(C)=C(/SC)C(=O)Nc1ccccc1. The number of allylic oxidation sites excluding steroid dienone is 1. The first-order valence-electron chi connectivity index (χ1n) is 4.84. The number of nitrogens with one attached hydrogen (secondary N) is 1. The van der Waals surface area contributed by atoms with E-state index in [0.29, 0.717) is 10.7 Å². The molecule has 0 aliphatic carbocycles. The van der Waals surface area contributed by atoms with Crippen LogP contribution in [0.1, 0.15) is 6.92 Å². The molecule has 3 nitrogen and oxygen atoms in total. The molecule has 0 saturated heterocycles. The highest BCUT2D eigenvalue weighted by atomic mass is 32.2. The average Bonchev–Trinajstić information content (AvgIpc) is 2.31. The van der Waals surface area contributed by atoms with E-state index in [4.69, 9.17) is 4.74 Å². The van der Waals surface area contributed by atoms with Gasteiger partial charge in [-0.15, -0.1) is 11.8 Å². The number of anilines is 1. The Hall–Kier alpha value is -1.42. The van der Waals surface area contributed by atoms with Gasteiger partial charge in [-0.3, -0.25) is 4.79 Å². The molecule has 16 heavy (non-hydrogen) atoms. The molecule has 1 rings (SSSR count). The van der Waals surface area contributed by atoms with Gasteiger partial charge in [0.1, 0.15) is 10.7 Å². The van der Waals surface area contributed by atoms with Crippen LogP contribution in [0.5, 0.6) is 0 Å². The topological polar surface area (TPSA) is 38.3 Å². The van der Waals surface area contributed by atoms with Gasteiger partial charge in [0.2, 0.25) is 0 Å². The molecule has 0 fully saturated rings. The summed E-state index contributed by atoms with van der Waals surface area (Å²) in [4.78, 5) is 12.5. The molecule has 1 aromatic carbocycles. The van der Waals surface area contributed by atoms with Crippen molar-refractivity contribution in [2.45, 2.75) is 6.92 Å². The highest BCUT2D eigenvalue weighted by Gasteiger charge is 2.12. The minimum atomic E-state index is -0.141. The average molecular weight is 237 g/mol. The molecule has 0 aliphatic heterocycles. The van der Waals surface area contributed by atoms with Gasteiger partial charge in [0.15, 0.2) is 0 Å². The maximum atomic E-state index is 11.9. The number of hydrogen-bond acceptors (Lipinski definition) is 3. The number of amides is 1. The van der Waals surface area contributed by atoms with Crippen LogP contribution in [0.15, 0.2) is 41.0 Å². The molecular weight excluding hydrogens is 222 g/mol. The van der Waals surface area contributed by atoms with Crippen molar-refractivity contribution in [3.05, 3.63) is 41.0 Å². The van der Waals surface area contributed by atoms with Crippen LogP contribution in [-0.4, -0.2) is 19.3 Å². The molecular formula is C12H15NO2S. The van der Waals surface area contributed by atoms with Gasteiger partial charge < -0.3 is 10.1 Å². The molecule has 0 atom stereocenters. The Balaban J connectivity index is 2.79. The Morgan fingerprint density at radius 2 is 1.94 bits per heavy atom. The Kier molecular flexibility index (Phi) is 4.92. The number of para-hydroxylation sites is 1. The molecule has 0 unspecified atom stereocenters. The second-order valence-corrected chi connectivity index (χ2v) is 3.93. The van der Waals surface area contributed by atoms with Crippen molar-refractivity contribution >= 4 is 23.4 Å². The fourth-order valence-corrected chi connectivity index (χ4v) is 1.81. The highest BCUT2D eigenvalue weighted by molar-refractivity contribution is 8.03. The summed E-state index contributed by atoms with van der Waals surface area (Å²) in [5, 5.41) is 2.81. The zero-order valence-electron chi connectivity index (χ0n) is 9.61. The van der Waals surface area contributed by atoms with E-state index in [0.717, 1.165) is 5.69 Å². The van der Waals surface area contributed by atoms with Gasteiger partial charge >= 0.3 is 0 Å². The van der Waals surface area contributed by atoms with E-state index in [1.807, 2.05) is 36.6 Å². The van der Waals surface area contributed by atoms with Crippen molar-refractivity contribution in [1.82, 2.24) is 0 Å². The summed E-state index contributed by atoms with van der Waals surface area (Å²) in [6, 6.07) is 9.35. The van der Waals surface area contributed by atoms with Crippen LogP contribution in [-0.2, 0) is 9.53 Å². The first-order chi connectivity index (χ1) is 7.69. The standard InChI is InChI=1S/C12H15NO2S/c1-9(15-2)11(16-3)12(14)13-10-7-5-4-6-8-10/h4-8H,1-3H3,(H,13,14)/b11-9+. The summed E-state index contributed by atoms with van der Waals surface area (Å²) >= 11 is 1.37. The summed E-state index contributed by atoms with van der Waals surface area (Å²) in [7, 11) is 1.56. The van der Waals surface area contributed by atoms with Gasteiger partial charge in [0.25, 0.3) is 5.91 Å². The Morgan fingerprint density at radius 3 is 2.44 bits per heavy atom. The number of carbonyl (C=O) groups is 1. The van der Waals surface area contributed by atoms with E-state index in [1.54, 1.807) is 14.0 Å². The molecule has 0 saturated carbocycles. The molecule has 0 radical (unpaired) electrons. The Bertz CT molecular complexity index is 387. The summed E-state index contributed by atoms with van der Waals surface area (Å²) < 4.78 is 5.06. The maximum Gasteiger partial charge on any atom is 0.265 e. The monoisotopic (exact) mass is 237 g/mol. The van der Waals surface area contributed by atoms with E-state index in [-0.39, 0.29) is 5.91 Å². The Labute approximate surface area is 99.9 Å². The first-order valence-corrected chi connectivity index (χ1v) is 6.06. The molecule has 0 aliphatic rings. The van der Waals surface area contributed by atoms with E-state index < -0.39 is 0 Å².